The van der Waals surface area contributed by atoms with Gasteiger partial charge in [0.1, 0.15) is 5.82 Å². The lowest BCUT2D eigenvalue weighted by atomic mass is 10.2. The molecular formula is C18H17FN4O. The average molecular weight is 324 g/mol. The maximum Gasteiger partial charge on any atom is 0.274 e. The molecule has 3 rings (SSSR count). The van der Waals surface area contributed by atoms with Crippen molar-refractivity contribution in [2.75, 3.05) is 7.05 Å². The van der Waals surface area contributed by atoms with Crippen molar-refractivity contribution in [3.8, 4) is 5.69 Å². The quantitative estimate of drug-likeness (QED) is 0.740. The lowest BCUT2D eigenvalue weighted by molar-refractivity contribution is 0.0733. The van der Waals surface area contributed by atoms with Gasteiger partial charge in [-0.05, 0) is 49.4 Å². The largest absolute Gasteiger partial charge is 0.332 e. The summed E-state index contributed by atoms with van der Waals surface area (Å²) in [7, 11) is 1.72. The third-order valence-electron chi connectivity index (χ3n) is 3.92. The van der Waals surface area contributed by atoms with Gasteiger partial charge in [-0.15, -0.1) is 0 Å². The highest BCUT2D eigenvalue weighted by atomic mass is 19.1. The molecule has 1 atom stereocenters. The predicted molar refractivity (Wildman–Crippen MR) is 88.3 cm³/mol. The number of hydrogen-bond acceptors (Lipinski definition) is 3. The first kappa shape index (κ1) is 15.9. The Kier molecular flexibility index (Phi) is 4.37. The van der Waals surface area contributed by atoms with Crippen LogP contribution in [0.5, 0.6) is 0 Å². The molecule has 1 amide bonds. The normalized spacial score (nSPS) is 12.0. The molecule has 5 nitrogen and oxygen atoms in total. The molecule has 1 aromatic carbocycles. The van der Waals surface area contributed by atoms with E-state index in [1.54, 1.807) is 47.2 Å². The highest BCUT2D eigenvalue weighted by Gasteiger charge is 2.21. The lowest BCUT2D eigenvalue weighted by Crippen LogP contribution is -2.30. The van der Waals surface area contributed by atoms with Crippen molar-refractivity contribution in [3.05, 3.63) is 78.1 Å². The monoisotopic (exact) mass is 324 g/mol. The van der Waals surface area contributed by atoms with Crippen LogP contribution in [-0.4, -0.2) is 32.6 Å². The number of nitrogens with zero attached hydrogens (tertiary/aromatic N) is 4. The molecule has 24 heavy (non-hydrogen) atoms. The Bertz CT molecular complexity index is 830. The molecule has 0 unspecified atom stereocenters. The van der Waals surface area contributed by atoms with E-state index in [1.807, 2.05) is 25.1 Å². The fourth-order valence-electron chi connectivity index (χ4n) is 2.35. The number of amides is 1. The van der Waals surface area contributed by atoms with Crippen LogP contribution in [0.4, 0.5) is 4.39 Å². The van der Waals surface area contributed by atoms with Gasteiger partial charge in [0.2, 0.25) is 0 Å². The minimum absolute atomic E-state index is 0.172. The van der Waals surface area contributed by atoms with Gasteiger partial charge in [0.25, 0.3) is 5.91 Å². The second-order valence-electron chi connectivity index (χ2n) is 5.47. The molecule has 0 aliphatic heterocycles. The van der Waals surface area contributed by atoms with Crippen LogP contribution in [0, 0.1) is 5.82 Å². The number of rotatable bonds is 4. The van der Waals surface area contributed by atoms with E-state index < -0.39 is 0 Å². The van der Waals surface area contributed by atoms with Gasteiger partial charge in [0, 0.05) is 19.4 Å². The minimum atomic E-state index is -0.314. The van der Waals surface area contributed by atoms with Crippen LogP contribution in [0.2, 0.25) is 0 Å². The highest BCUT2D eigenvalue weighted by Crippen LogP contribution is 2.18. The molecular weight excluding hydrogens is 307 g/mol. The summed E-state index contributed by atoms with van der Waals surface area (Å²) >= 11 is 0. The predicted octanol–water partition coefficient (Wildman–Crippen LogP) is 3.24. The van der Waals surface area contributed by atoms with Crippen LogP contribution in [-0.2, 0) is 0 Å². The van der Waals surface area contributed by atoms with Gasteiger partial charge in [-0.2, -0.15) is 5.10 Å². The zero-order valence-corrected chi connectivity index (χ0v) is 13.4. The van der Waals surface area contributed by atoms with Crippen LogP contribution in [0.15, 0.2) is 60.9 Å². The van der Waals surface area contributed by atoms with Gasteiger partial charge in [0.05, 0.1) is 17.4 Å². The molecule has 0 N–H and O–H groups in total. The molecule has 3 aromatic rings. The van der Waals surface area contributed by atoms with Crippen LogP contribution in [0.3, 0.4) is 0 Å². The van der Waals surface area contributed by atoms with Crippen molar-refractivity contribution in [2.45, 2.75) is 13.0 Å². The average Bonchev–Trinajstić information content (AvgIpc) is 3.11. The summed E-state index contributed by atoms with van der Waals surface area (Å²) in [5, 5.41) is 4.29. The molecule has 0 saturated heterocycles. The van der Waals surface area contributed by atoms with Crippen molar-refractivity contribution in [1.82, 2.24) is 19.7 Å². The van der Waals surface area contributed by atoms with Gasteiger partial charge in [0.15, 0.2) is 5.69 Å². The Morgan fingerprint density at radius 1 is 1.17 bits per heavy atom. The zero-order valence-electron chi connectivity index (χ0n) is 13.4. The number of carbonyl (C=O) groups is 1. The summed E-state index contributed by atoms with van der Waals surface area (Å²) in [4.78, 5) is 18.5. The Morgan fingerprint density at radius 3 is 2.58 bits per heavy atom. The van der Waals surface area contributed by atoms with Gasteiger partial charge in [-0.3, -0.25) is 9.78 Å². The van der Waals surface area contributed by atoms with Gasteiger partial charge in [-0.1, -0.05) is 6.07 Å². The number of pyridine rings is 1. The van der Waals surface area contributed by atoms with E-state index in [2.05, 4.69) is 10.1 Å². The summed E-state index contributed by atoms with van der Waals surface area (Å²) < 4.78 is 14.5. The molecule has 0 saturated carbocycles. The van der Waals surface area contributed by atoms with Crippen LogP contribution in [0.25, 0.3) is 5.69 Å². The summed E-state index contributed by atoms with van der Waals surface area (Å²) in [6.07, 6.45) is 3.38. The zero-order chi connectivity index (χ0) is 17.1. The van der Waals surface area contributed by atoms with Gasteiger partial charge < -0.3 is 4.90 Å². The van der Waals surface area contributed by atoms with E-state index in [4.69, 9.17) is 0 Å². The molecule has 2 heterocycles. The summed E-state index contributed by atoms with van der Waals surface area (Å²) in [5.74, 6) is -0.514. The van der Waals surface area contributed by atoms with Crippen molar-refractivity contribution >= 4 is 5.91 Å². The van der Waals surface area contributed by atoms with Crippen molar-refractivity contribution in [2.24, 2.45) is 0 Å². The smallest absolute Gasteiger partial charge is 0.274 e. The molecule has 2 aromatic heterocycles. The number of hydrogen-bond donors (Lipinski definition) is 0. The lowest BCUT2D eigenvalue weighted by Gasteiger charge is -2.23. The Hall–Kier alpha value is -3.02. The fourth-order valence-corrected chi connectivity index (χ4v) is 2.35. The molecule has 6 heteroatoms. The first-order chi connectivity index (χ1) is 11.6. The van der Waals surface area contributed by atoms with Gasteiger partial charge in [-0.25, -0.2) is 9.07 Å². The van der Waals surface area contributed by atoms with Crippen molar-refractivity contribution in [3.63, 3.8) is 0 Å². The molecule has 0 bridgehead atoms. The van der Waals surface area contributed by atoms with Crippen molar-refractivity contribution in [1.29, 1.82) is 0 Å². The Labute approximate surface area is 139 Å². The number of halogens is 1. The van der Waals surface area contributed by atoms with E-state index in [-0.39, 0.29) is 17.8 Å². The third kappa shape index (κ3) is 3.17. The Balaban J connectivity index is 1.79. The van der Waals surface area contributed by atoms with Gasteiger partial charge >= 0.3 is 0 Å². The highest BCUT2D eigenvalue weighted by molar-refractivity contribution is 5.92. The van der Waals surface area contributed by atoms with E-state index >= 15 is 0 Å². The third-order valence-corrected chi connectivity index (χ3v) is 3.92. The topological polar surface area (TPSA) is 51.0 Å². The minimum Gasteiger partial charge on any atom is -0.332 e. The van der Waals surface area contributed by atoms with Crippen LogP contribution >= 0.6 is 0 Å². The summed E-state index contributed by atoms with van der Waals surface area (Å²) in [6, 6.07) is 13.0. The SMILES string of the molecule is C[C@H](c1ccccn1)N(C)C(=O)c1ccn(-c2ccc(F)cc2)n1. The second kappa shape index (κ2) is 6.62. The maximum atomic E-state index is 13.0. The number of aromatic nitrogens is 3. The van der Waals surface area contributed by atoms with E-state index in [1.165, 1.54) is 12.1 Å². The van der Waals surface area contributed by atoms with E-state index in [0.717, 1.165) is 5.69 Å². The molecule has 122 valence electrons. The van der Waals surface area contributed by atoms with E-state index in [0.29, 0.717) is 11.4 Å². The fraction of sp³-hybridized carbons (Fsp3) is 0.167. The second-order valence-corrected chi connectivity index (χ2v) is 5.47. The Morgan fingerprint density at radius 2 is 1.92 bits per heavy atom. The molecule has 0 aliphatic rings. The summed E-state index contributed by atoms with van der Waals surface area (Å²) in [5.41, 5.74) is 1.83. The molecule has 0 radical (unpaired) electrons. The first-order valence-electron chi connectivity index (χ1n) is 7.56. The standard InChI is InChI=1S/C18H17FN4O/c1-13(16-5-3-4-11-20-16)22(2)18(24)17-10-12-23(21-17)15-8-6-14(19)7-9-15/h3-13H,1-2H3/t13-/m1/s1. The molecule has 0 fully saturated rings. The molecule has 0 aliphatic carbocycles. The summed E-state index contributed by atoms with van der Waals surface area (Å²) in [6.45, 7) is 1.91. The van der Waals surface area contributed by atoms with E-state index in [9.17, 15) is 9.18 Å². The number of benzene rings is 1. The first-order valence-corrected chi connectivity index (χ1v) is 7.56. The molecule has 0 spiro atoms. The van der Waals surface area contributed by atoms with Crippen LogP contribution in [0.1, 0.15) is 29.1 Å². The van der Waals surface area contributed by atoms with Crippen LogP contribution < -0.4 is 0 Å². The van der Waals surface area contributed by atoms with Crippen molar-refractivity contribution < 1.29 is 9.18 Å². The maximum absolute atomic E-state index is 13.0. The number of carbonyl (C=O) groups excluding carboxylic acids is 1.